The number of nitrogens with one attached hydrogen (secondary N) is 1. The summed E-state index contributed by atoms with van der Waals surface area (Å²) in [7, 11) is 0. The highest BCUT2D eigenvalue weighted by molar-refractivity contribution is 9.10. The van der Waals surface area contributed by atoms with Gasteiger partial charge in [-0.15, -0.1) is 0 Å². The van der Waals surface area contributed by atoms with E-state index in [1.165, 1.54) is 5.56 Å². The van der Waals surface area contributed by atoms with E-state index in [0.717, 1.165) is 17.4 Å². The van der Waals surface area contributed by atoms with Crippen LogP contribution in [-0.4, -0.2) is 6.54 Å². The topological polar surface area (TPSA) is 35.8 Å². The molecular weight excluding hydrogens is 228 g/mol. The molecule has 1 unspecified atom stereocenters. The summed E-state index contributed by atoms with van der Waals surface area (Å²) in [6.45, 7) is 1.08. The van der Waals surface area contributed by atoms with Crippen LogP contribution in [0.3, 0.4) is 0 Å². The van der Waals surface area contributed by atoms with Crippen molar-refractivity contribution in [2.75, 3.05) is 6.54 Å². The molecule has 3 heteroatoms. The summed E-state index contributed by atoms with van der Waals surface area (Å²) in [4.78, 5) is 0. The van der Waals surface area contributed by atoms with Crippen LogP contribution >= 0.6 is 15.9 Å². The lowest BCUT2D eigenvalue weighted by Gasteiger charge is -2.29. The van der Waals surface area contributed by atoms with Crippen LogP contribution in [0.5, 0.6) is 0 Å². The summed E-state index contributed by atoms with van der Waals surface area (Å²) in [5.41, 5.74) is 1.91. The summed E-state index contributed by atoms with van der Waals surface area (Å²) in [6.07, 6.45) is 1.16. The van der Waals surface area contributed by atoms with Crippen LogP contribution < -0.4 is 5.32 Å². The van der Waals surface area contributed by atoms with Gasteiger partial charge in [0.1, 0.15) is 6.07 Å². The number of nitrogens with zero attached hydrogens (tertiary/aromatic N) is 1. The Morgan fingerprint density at radius 2 is 2.31 bits per heavy atom. The molecule has 0 saturated carbocycles. The maximum absolute atomic E-state index is 8.81. The average Bonchev–Trinajstić information content (AvgIpc) is 2.05. The van der Waals surface area contributed by atoms with Crippen molar-refractivity contribution in [1.29, 1.82) is 5.26 Å². The van der Waals surface area contributed by atoms with Gasteiger partial charge in [0.25, 0.3) is 0 Å². The molecule has 2 rings (SSSR count). The number of nitriles is 1. The molecule has 0 aliphatic carbocycles. The molecule has 0 radical (unpaired) electrons. The molecule has 0 spiro atoms. The summed E-state index contributed by atoms with van der Waals surface area (Å²) in [6, 6.07) is 8.41. The van der Waals surface area contributed by atoms with Crippen LogP contribution in [0.4, 0.5) is 0 Å². The van der Waals surface area contributed by atoms with Crippen molar-refractivity contribution in [3.05, 3.63) is 33.8 Å². The molecule has 1 atom stereocenters. The fourth-order valence-corrected chi connectivity index (χ4v) is 2.09. The first-order valence-corrected chi connectivity index (χ1v) is 5.04. The van der Waals surface area contributed by atoms with Gasteiger partial charge >= 0.3 is 0 Å². The maximum atomic E-state index is 8.81. The molecule has 1 saturated heterocycles. The summed E-state index contributed by atoms with van der Waals surface area (Å²) >= 11 is 3.45. The predicted octanol–water partition coefficient (Wildman–Crippen LogP) is 2.36. The van der Waals surface area contributed by atoms with E-state index in [2.05, 4.69) is 33.4 Å². The fourth-order valence-electron chi connectivity index (χ4n) is 1.46. The minimum absolute atomic E-state index is 0.433. The molecule has 0 bridgehead atoms. The van der Waals surface area contributed by atoms with Gasteiger partial charge < -0.3 is 5.32 Å². The molecule has 1 aliphatic heterocycles. The zero-order valence-corrected chi connectivity index (χ0v) is 8.63. The highest BCUT2D eigenvalue weighted by atomic mass is 79.9. The van der Waals surface area contributed by atoms with Crippen LogP contribution in [0.1, 0.15) is 23.6 Å². The van der Waals surface area contributed by atoms with E-state index in [1.807, 2.05) is 12.1 Å². The average molecular weight is 237 g/mol. The van der Waals surface area contributed by atoms with Crippen molar-refractivity contribution in [2.45, 2.75) is 12.5 Å². The lowest BCUT2D eigenvalue weighted by molar-refractivity contribution is 0.382. The molecule has 1 aromatic rings. The first-order chi connectivity index (χ1) is 6.33. The van der Waals surface area contributed by atoms with Gasteiger partial charge in [-0.05, 0) is 40.5 Å². The number of hydrogen-bond donors (Lipinski definition) is 1. The molecule has 1 N–H and O–H groups in total. The predicted molar refractivity (Wildman–Crippen MR) is 54.2 cm³/mol. The van der Waals surface area contributed by atoms with Gasteiger partial charge in [-0.3, -0.25) is 0 Å². The third-order valence-electron chi connectivity index (χ3n) is 2.35. The summed E-state index contributed by atoms with van der Waals surface area (Å²) in [5, 5.41) is 12.1. The fraction of sp³-hybridized carbons (Fsp3) is 0.300. The van der Waals surface area contributed by atoms with Gasteiger partial charge in [0.05, 0.1) is 5.56 Å². The Kier molecular flexibility index (Phi) is 2.34. The molecule has 1 aliphatic rings. The minimum Gasteiger partial charge on any atom is -0.310 e. The van der Waals surface area contributed by atoms with Gasteiger partial charge in [0, 0.05) is 10.5 Å². The monoisotopic (exact) mass is 236 g/mol. The second kappa shape index (κ2) is 3.49. The van der Waals surface area contributed by atoms with Crippen molar-refractivity contribution >= 4 is 15.9 Å². The quantitative estimate of drug-likeness (QED) is 0.813. The Labute approximate surface area is 85.7 Å². The second-order valence-electron chi connectivity index (χ2n) is 3.12. The second-order valence-corrected chi connectivity index (χ2v) is 3.91. The highest BCUT2D eigenvalue weighted by Crippen LogP contribution is 2.31. The molecule has 66 valence electrons. The van der Waals surface area contributed by atoms with Crippen molar-refractivity contribution in [3.8, 4) is 6.07 Å². The standard InChI is InChI=1S/C10H9BrN2/c11-10-7(6-12)2-1-3-8(10)9-4-5-13-9/h1-3,9,13H,4-5H2. The largest absolute Gasteiger partial charge is 0.310 e. The van der Waals surface area contributed by atoms with Crippen molar-refractivity contribution in [3.63, 3.8) is 0 Å². The third-order valence-corrected chi connectivity index (χ3v) is 3.23. The molecule has 1 fully saturated rings. The summed E-state index contributed by atoms with van der Waals surface area (Å²) < 4.78 is 0.940. The Balaban J connectivity index is 2.40. The number of rotatable bonds is 1. The van der Waals surface area contributed by atoms with Gasteiger partial charge in [-0.1, -0.05) is 12.1 Å². The molecule has 2 nitrogen and oxygen atoms in total. The lowest BCUT2D eigenvalue weighted by atomic mass is 9.97. The third kappa shape index (κ3) is 1.48. The van der Waals surface area contributed by atoms with E-state index in [4.69, 9.17) is 5.26 Å². The van der Waals surface area contributed by atoms with Crippen molar-refractivity contribution in [2.24, 2.45) is 0 Å². The van der Waals surface area contributed by atoms with E-state index in [9.17, 15) is 0 Å². The normalized spacial score (nSPS) is 20.5. The van der Waals surface area contributed by atoms with Gasteiger partial charge in [-0.25, -0.2) is 0 Å². The molecule has 13 heavy (non-hydrogen) atoms. The van der Waals surface area contributed by atoms with Gasteiger partial charge in [-0.2, -0.15) is 5.26 Å². The molecule has 1 aromatic carbocycles. The first kappa shape index (κ1) is 8.74. The van der Waals surface area contributed by atoms with Crippen molar-refractivity contribution < 1.29 is 0 Å². The van der Waals surface area contributed by atoms with Crippen LogP contribution in [0.25, 0.3) is 0 Å². The van der Waals surface area contributed by atoms with Gasteiger partial charge in [0.2, 0.25) is 0 Å². The van der Waals surface area contributed by atoms with Crippen LogP contribution in [0.15, 0.2) is 22.7 Å². The summed E-state index contributed by atoms with van der Waals surface area (Å²) in [5.74, 6) is 0. The minimum atomic E-state index is 0.433. The van der Waals surface area contributed by atoms with E-state index in [-0.39, 0.29) is 0 Å². The zero-order chi connectivity index (χ0) is 9.26. The molecular formula is C10H9BrN2. The Bertz CT molecular complexity index is 364. The van der Waals surface area contributed by atoms with Crippen LogP contribution in [0, 0.1) is 11.3 Å². The number of hydrogen-bond acceptors (Lipinski definition) is 2. The van der Waals surface area contributed by atoms with Crippen molar-refractivity contribution in [1.82, 2.24) is 5.32 Å². The van der Waals surface area contributed by atoms with Crippen LogP contribution in [0.2, 0.25) is 0 Å². The Morgan fingerprint density at radius 1 is 1.54 bits per heavy atom. The van der Waals surface area contributed by atoms with Crippen LogP contribution in [-0.2, 0) is 0 Å². The highest BCUT2D eigenvalue weighted by Gasteiger charge is 2.21. The smallest absolute Gasteiger partial charge is 0.100 e. The van der Waals surface area contributed by atoms with E-state index >= 15 is 0 Å². The molecule has 0 aromatic heterocycles. The Hall–Kier alpha value is -0.850. The van der Waals surface area contributed by atoms with E-state index in [0.29, 0.717) is 11.6 Å². The lowest BCUT2D eigenvalue weighted by Crippen LogP contribution is -2.35. The first-order valence-electron chi connectivity index (χ1n) is 4.25. The molecule has 1 heterocycles. The zero-order valence-electron chi connectivity index (χ0n) is 7.05. The van der Waals surface area contributed by atoms with E-state index < -0.39 is 0 Å². The molecule has 0 amide bonds. The SMILES string of the molecule is N#Cc1cccc(C2CCN2)c1Br. The van der Waals surface area contributed by atoms with Gasteiger partial charge in [0.15, 0.2) is 0 Å². The number of benzene rings is 1. The number of halogens is 1. The van der Waals surface area contributed by atoms with E-state index in [1.54, 1.807) is 0 Å². The Morgan fingerprint density at radius 3 is 2.85 bits per heavy atom. The maximum Gasteiger partial charge on any atom is 0.100 e.